The van der Waals surface area contributed by atoms with E-state index in [0.29, 0.717) is 37.1 Å². The molecule has 15 nitrogen and oxygen atoms in total. The van der Waals surface area contributed by atoms with Crippen LogP contribution in [0.4, 0.5) is 0 Å². The van der Waals surface area contributed by atoms with Crippen molar-refractivity contribution in [3.05, 3.63) is 49.8 Å². The molecular formula is C67H150O15Si8. The third-order valence-corrected chi connectivity index (χ3v) is 40.9. The highest BCUT2D eigenvalue weighted by Gasteiger charge is 2.39. The lowest BCUT2D eigenvalue weighted by Crippen LogP contribution is -2.28. The molecule has 0 radical (unpaired) electrons. The fourth-order valence-electron chi connectivity index (χ4n) is 7.56. The SMILES string of the molecule is C.C.C=C(C)C(=O)OCCCC.C=C(C)C(=O)OCCC[Si](C)(C)OC.C=CC(=O)OCCC[Si](C)(C)OC.C=COCCC[Si](C)(C)OC.CO[Si](C)(C)C.CO[Si](C)(C)CCCCC1CO1.CO[Si](C)(C)CCCOCC1CC1.C[Si]1(C)CC[Si](C)(C)C1. The van der Waals surface area contributed by atoms with Gasteiger partial charge in [-0.3, -0.25) is 0 Å². The molecule has 0 aromatic heterocycles. The number of rotatable bonds is 36. The normalized spacial score (nSPS) is 15.2. The van der Waals surface area contributed by atoms with Crippen molar-refractivity contribution in [3.63, 3.8) is 0 Å². The predicted octanol–water partition coefficient (Wildman–Crippen LogP) is 19.4. The Hall–Kier alpha value is -1.41. The Morgan fingerprint density at radius 1 is 0.511 bits per heavy atom. The monoisotopic (exact) mass is 1420 g/mol. The van der Waals surface area contributed by atoms with E-state index in [9.17, 15) is 14.4 Å². The van der Waals surface area contributed by atoms with Gasteiger partial charge in [0.1, 0.15) is 0 Å². The van der Waals surface area contributed by atoms with Crippen LogP contribution in [0.5, 0.6) is 0 Å². The lowest BCUT2D eigenvalue weighted by molar-refractivity contribution is -0.139. The maximum atomic E-state index is 11.0. The fourth-order valence-corrected chi connectivity index (χ4v) is 30.9. The highest BCUT2D eigenvalue weighted by molar-refractivity contribution is 6.99. The van der Waals surface area contributed by atoms with Crippen molar-refractivity contribution in [1.29, 1.82) is 0 Å². The number of esters is 3. The lowest BCUT2D eigenvalue weighted by Gasteiger charge is -2.19. The van der Waals surface area contributed by atoms with Gasteiger partial charge >= 0.3 is 17.9 Å². The van der Waals surface area contributed by atoms with Gasteiger partial charge in [0.2, 0.25) is 0 Å². The second-order valence-electron chi connectivity index (χ2n) is 28.9. The van der Waals surface area contributed by atoms with E-state index in [1.165, 1.54) is 63.0 Å². The van der Waals surface area contributed by atoms with Gasteiger partial charge in [-0.1, -0.05) is 111 Å². The molecule has 540 valence electrons. The van der Waals surface area contributed by atoms with Crippen molar-refractivity contribution >= 4 is 84.0 Å². The van der Waals surface area contributed by atoms with Crippen molar-refractivity contribution in [2.45, 2.75) is 272 Å². The summed E-state index contributed by atoms with van der Waals surface area (Å²) in [5, 5.41) is 0. The average Bonchev–Trinajstić information content (AvgIpc) is 1.95. The summed E-state index contributed by atoms with van der Waals surface area (Å²) in [4.78, 5) is 32.3. The Kier molecular flexibility index (Phi) is 64.4. The van der Waals surface area contributed by atoms with Crippen LogP contribution in [0, 0.1) is 5.92 Å². The molecule has 90 heavy (non-hydrogen) atoms. The first-order valence-corrected chi connectivity index (χ1v) is 58.4. The van der Waals surface area contributed by atoms with Crippen LogP contribution in [0.3, 0.4) is 0 Å². The summed E-state index contributed by atoms with van der Waals surface area (Å²) < 4.78 is 62.4. The maximum Gasteiger partial charge on any atom is 0.333 e. The fraction of sp³-hybridized carbons (Fsp3) is 0.836. The van der Waals surface area contributed by atoms with E-state index in [2.05, 4.69) is 145 Å². The van der Waals surface area contributed by atoms with E-state index in [4.69, 9.17) is 55.0 Å². The summed E-state index contributed by atoms with van der Waals surface area (Å²) in [6, 6.07) is 8.90. The minimum Gasteiger partial charge on any atom is -0.502 e. The van der Waals surface area contributed by atoms with Gasteiger partial charge in [-0.2, -0.15) is 0 Å². The van der Waals surface area contributed by atoms with Crippen LogP contribution in [0.2, 0.25) is 159 Å². The largest absolute Gasteiger partial charge is 0.502 e. The molecule has 2 aliphatic heterocycles. The molecule has 0 N–H and O–H groups in total. The topological polar surface area (TPSA) is 165 Å². The summed E-state index contributed by atoms with van der Waals surface area (Å²) in [7, 11) is 1.46. The van der Waals surface area contributed by atoms with Crippen LogP contribution in [-0.4, -0.2) is 179 Å². The molecule has 1 unspecified atom stereocenters. The zero-order chi connectivity index (χ0) is 69.3. The zero-order valence-corrected chi connectivity index (χ0v) is 70.1. The number of epoxide rings is 1. The Balaban J connectivity index is -0.000000176. The highest BCUT2D eigenvalue weighted by atomic mass is 28.4. The number of hydrogen-bond donors (Lipinski definition) is 0. The van der Waals surface area contributed by atoms with Crippen molar-refractivity contribution in [1.82, 2.24) is 0 Å². The Bertz CT molecular complexity index is 1800. The molecule has 1 aliphatic carbocycles. The van der Waals surface area contributed by atoms with Gasteiger partial charge in [-0.15, -0.1) is 0 Å². The molecule has 0 spiro atoms. The first kappa shape index (κ1) is 102. The van der Waals surface area contributed by atoms with Crippen molar-refractivity contribution < 1.29 is 69.4 Å². The molecule has 3 aliphatic rings. The summed E-state index contributed by atoms with van der Waals surface area (Å²) in [6.45, 7) is 63.0. The molecule has 0 amide bonds. The van der Waals surface area contributed by atoms with Crippen LogP contribution in [0.15, 0.2) is 49.8 Å². The number of unbranched alkanes of at least 4 members (excludes halogenated alkanes) is 2. The second-order valence-corrected chi connectivity index (χ2v) is 66.7. The first-order valence-electron chi connectivity index (χ1n) is 32.6. The van der Waals surface area contributed by atoms with Crippen molar-refractivity contribution in [2.24, 2.45) is 5.92 Å². The molecule has 1 atom stereocenters. The molecule has 0 aromatic rings. The van der Waals surface area contributed by atoms with E-state index in [1.54, 1.807) is 60.0 Å². The maximum absolute atomic E-state index is 11.0. The smallest absolute Gasteiger partial charge is 0.333 e. The van der Waals surface area contributed by atoms with E-state index in [1.807, 2.05) is 14.2 Å². The quantitative estimate of drug-likeness (QED) is 0.0111. The molecular weight excluding hydrogens is 1270 g/mol. The van der Waals surface area contributed by atoms with E-state index >= 15 is 0 Å². The lowest BCUT2D eigenvalue weighted by atomic mass is 10.2. The van der Waals surface area contributed by atoms with Crippen molar-refractivity contribution in [2.75, 3.05) is 88.9 Å². The summed E-state index contributed by atoms with van der Waals surface area (Å²) >= 11 is 0. The molecule has 1 saturated carbocycles. The minimum atomic E-state index is -1.49. The molecule has 2 saturated heterocycles. The van der Waals surface area contributed by atoms with Crippen LogP contribution in [0.1, 0.15) is 106 Å². The van der Waals surface area contributed by atoms with Crippen LogP contribution in [-0.2, 0) is 69.4 Å². The number of hydrogen-bond acceptors (Lipinski definition) is 15. The van der Waals surface area contributed by atoms with Crippen LogP contribution >= 0.6 is 0 Å². The highest BCUT2D eigenvalue weighted by Crippen LogP contribution is 2.37. The Morgan fingerprint density at radius 2 is 0.844 bits per heavy atom. The zero-order valence-electron chi connectivity index (χ0n) is 62.1. The standard InChI is InChI=1S/C10H20O3Si.C10H22O2Si.C9H18O3Si.C9H20O2Si.C8H18O2Si.C8H14O2.C7H18Si2.C4H12OSi.2CH4/c1-9(2)10(11)13-7-6-8-14(4,5)12-3;1-11-13(2,3)8-4-7-12-9-10-5-6-10;1-5-9(10)12-7-6-8-13(3,4)11-2;1-10-12(2,3)7-5-4-6-9-8-11-9;1-5-10-7-6-8-11(3,4)9-2;1-4-5-6-10-8(9)7(2)3;1-8(2)5-6-9(3,4)7-8;1-5-6(2,3)4;;/h1,6-8H2,2-5H3;10H,4-9H2,1-3H3;5H,1,6-8H2,2-4H3;9H,4-8H2,1-3H3;5H,1,6-8H2,2-4H3;2,4-6H2,1,3H3;5-7H2,1-4H3;1-4H3;2*1H4. The molecule has 3 fully saturated rings. The molecule has 0 aromatic carbocycles. The van der Waals surface area contributed by atoms with Gasteiger partial charge in [0, 0.05) is 89.2 Å². The first-order chi connectivity index (χ1) is 40.5. The number of ether oxygens (including phenoxy) is 6. The minimum absolute atomic E-state index is 0. The van der Waals surface area contributed by atoms with Gasteiger partial charge in [-0.25, -0.2) is 14.4 Å². The van der Waals surface area contributed by atoms with E-state index in [-0.39, 0.29) is 32.8 Å². The van der Waals surface area contributed by atoms with Crippen LogP contribution in [0.25, 0.3) is 0 Å². The predicted molar refractivity (Wildman–Crippen MR) is 409 cm³/mol. The Labute approximate surface area is 566 Å². The van der Waals surface area contributed by atoms with Crippen LogP contribution < -0.4 is 0 Å². The molecule has 23 heteroatoms. The molecule has 3 rings (SSSR count). The third kappa shape index (κ3) is 77.3. The van der Waals surface area contributed by atoms with Gasteiger partial charge in [0.05, 0.1) is 45.4 Å². The average molecular weight is 1420 g/mol. The molecule has 0 bridgehead atoms. The van der Waals surface area contributed by atoms with E-state index < -0.39 is 66.1 Å². The van der Waals surface area contributed by atoms with Gasteiger partial charge in [-0.05, 0) is 186 Å². The van der Waals surface area contributed by atoms with Gasteiger partial charge < -0.3 is 55.0 Å². The van der Waals surface area contributed by atoms with Gasteiger partial charge in [0.25, 0.3) is 0 Å². The number of carbonyl (C=O) groups excluding carboxylic acids is 3. The van der Waals surface area contributed by atoms with Gasteiger partial charge in [0.15, 0.2) is 49.9 Å². The second kappa shape index (κ2) is 56.7. The van der Waals surface area contributed by atoms with Crippen molar-refractivity contribution in [3.8, 4) is 0 Å². The summed E-state index contributed by atoms with van der Waals surface area (Å²) in [6.07, 6.45) is 15.9. The van der Waals surface area contributed by atoms with E-state index in [0.717, 1.165) is 82.6 Å². The third-order valence-electron chi connectivity index (χ3n) is 15.0. The molecule has 2 heterocycles. The summed E-state index contributed by atoms with van der Waals surface area (Å²) in [5.74, 6) is -0.0418. The Morgan fingerprint density at radius 3 is 1.12 bits per heavy atom. The number of carbonyl (C=O) groups is 3. The summed E-state index contributed by atoms with van der Waals surface area (Å²) in [5.41, 5.74) is 2.60.